The van der Waals surface area contributed by atoms with Gasteiger partial charge < -0.3 is 20.7 Å². The smallest absolute Gasteiger partial charge is 0.226 e. The number of rotatable bonds is 8. The molecule has 0 aliphatic heterocycles. The van der Waals surface area contributed by atoms with Gasteiger partial charge in [-0.2, -0.15) is 0 Å². The van der Waals surface area contributed by atoms with Crippen LogP contribution in [0.15, 0.2) is 78.9 Å². The molecule has 2 amide bonds. The van der Waals surface area contributed by atoms with Gasteiger partial charge in [0.25, 0.3) is 0 Å². The fourth-order valence-electron chi connectivity index (χ4n) is 3.06. The van der Waals surface area contributed by atoms with Gasteiger partial charge in [-0.1, -0.05) is 30.3 Å². The van der Waals surface area contributed by atoms with Crippen molar-refractivity contribution in [2.45, 2.75) is 19.4 Å². The molecule has 0 aliphatic rings. The van der Waals surface area contributed by atoms with Crippen molar-refractivity contribution in [1.82, 2.24) is 5.32 Å². The predicted molar refractivity (Wildman–Crippen MR) is 119 cm³/mol. The Balaban J connectivity index is 1.59. The minimum absolute atomic E-state index is 0.148. The summed E-state index contributed by atoms with van der Waals surface area (Å²) in [7, 11) is 1.63. The fraction of sp³-hybridized carbons (Fsp3) is 0.167. The number of methoxy groups -OCH3 is 1. The summed E-state index contributed by atoms with van der Waals surface area (Å²) < 4.78 is 5.16. The first-order valence-electron chi connectivity index (χ1n) is 9.66. The second-order valence-electron chi connectivity index (χ2n) is 6.85. The molecule has 154 valence electrons. The van der Waals surface area contributed by atoms with Crippen LogP contribution >= 0.6 is 0 Å². The number of carbonyl (C=O) groups excluding carboxylic acids is 2. The SMILES string of the molecule is COc1ccc(Nc2ccc(NC(=O)C[C@H](NC(C)=O)c3ccccc3)cc2)cc1. The monoisotopic (exact) mass is 403 g/mol. The van der Waals surface area contributed by atoms with Crippen LogP contribution in [-0.4, -0.2) is 18.9 Å². The Bertz CT molecular complexity index is 971. The summed E-state index contributed by atoms with van der Waals surface area (Å²) in [6, 6.07) is 24.2. The molecule has 0 spiro atoms. The number of carbonyl (C=O) groups is 2. The Morgan fingerprint density at radius 3 is 1.97 bits per heavy atom. The molecule has 6 heteroatoms. The number of nitrogens with one attached hydrogen (secondary N) is 3. The Morgan fingerprint density at radius 2 is 1.40 bits per heavy atom. The molecule has 1 atom stereocenters. The highest BCUT2D eigenvalue weighted by Gasteiger charge is 2.17. The molecule has 0 saturated heterocycles. The standard InChI is InChI=1S/C24H25N3O3/c1-17(28)25-23(18-6-4-3-5-7-18)16-24(29)27-21-10-8-19(9-11-21)26-20-12-14-22(30-2)15-13-20/h3-15,23,26H,16H2,1-2H3,(H,25,28)(H,27,29)/t23-/m0/s1. The Kier molecular flexibility index (Phi) is 7.05. The van der Waals surface area contributed by atoms with E-state index in [0.717, 1.165) is 22.7 Å². The highest BCUT2D eigenvalue weighted by molar-refractivity contribution is 5.91. The lowest BCUT2D eigenvalue weighted by molar-refractivity contribution is -0.120. The number of amides is 2. The van der Waals surface area contributed by atoms with E-state index in [1.807, 2.05) is 78.9 Å². The highest BCUT2D eigenvalue weighted by Crippen LogP contribution is 2.22. The van der Waals surface area contributed by atoms with Crippen molar-refractivity contribution in [3.8, 4) is 5.75 Å². The minimum atomic E-state index is -0.375. The van der Waals surface area contributed by atoms with Crippen LogP contribution in [0.4, 0.5) is 17.1 Å². The average Bonchev–Trinajstić information content (AvgIpc) is 2.75. The quantitative estimate of drug-likeness (QED) is 0.512. The van der Waals surface area contributed by atoms with E-state index < -0.39 is 0 Å². The normalized spacial score (nSPS) is 11.3. The van der Waals surface area contributed by atoms with E-state index in [4.69, 9.17) is 4.74 Å². The van der Waals surface area contributed by atoms with Crippen molar-refractivity contribution in [1.29, 1.82) is 0 Å². The van der Waals surface area contributed by atoms with Gasteiger partial charge in [0, 0.05) is 24.0 Å². The predicted octanol–water partition coefficient (Wildman–Crippen LogP) is 4.64. The Labute approximate surface area is 176 Å². The van der Waals surface area contributed by atoms with Crippen molar-refractivity contribution < 1.29 is 14.3 Å². The van der Waals surface area contributed by atoms with Crippen molar-refractivity contribution in [3.05, 3.63) is 84.4 Å². The lowest BCUT2D eigenvalue weighted by atomic mass is 10.0. The van der Waals surface area contributed by atoms with Gasteiger partial charge in [-0.3, -0.25) is 9.59 Å². The van der Waals surface area contributed by atoms with Crippen molar-refractivity contribution in [2.75, 3.05) is 17.7 Å². The van der Waals surface area contributed by atoms with Gasteiger partial charge in [-0.15, -0.1) is 0 Å². The number of hydrogen-bond acceptors (Lipinski definition) is 4. The molecule has 0 heterocycles. The van der Waals surface area contributed by atoms with Crippen LogP contribution in [0.3, 0.4) is 0 Å². The molecule has 3 N–H and O–H groups in total. The highest BCUT2D eigenvalue weighted by atomic mass is 16.5. The fourth-order valence-corrected chi connectivity index (χ4v) is 3.06. The summed E-state index contributed by atoms with van der Waals surface area (Å²) in [4.78, 5) is 24.1. The van der Waals surface area contributed by atoms with Crippen LogP contribution < -0.4 is 20.7 Å². The lowest BCUT2D eigenvalue weighted by Gasteiger charge is -2.18. The zero-order chi connectivity index (χ0) is 21.3. The molecule has 3 rings (SSSR count). The number of hydrogen-bond donors (Lipinski definition) is 3. The Morgan fingerprint density at radius 1 is 0.833 bits per heavy atom. The van der Waals surface area contributed by atoms with E-state index in [-0.39, 0.29) is 24.3 Å². The number of ether oxygens (including phenoxy) is 1. The zero-order valence-electron chi connectivity index (χ0n) is 17.0. The van der Waals surface area contributed by atoms with Crippen LogP contribution in [0.1, 0.15) is 24.9 Å². The van der Waals surface area contributed by atoms with Crippen LogP contribution in [0.2, 0.25) is 0 Å². The van der Waals surface area contributed by atoms with E-state index in [1.165, 1.54) is 6.92 Å². The molecule has 3 aromatic carbocycles. The third-order valence-electron chi connectivity index (χ3n) is 4.52. The Hall–Kier alpha value is -3.80. The second-order valence-corrected chi connectivity index (χ2v) is 6.85. The topological polar surface area (TPSA) is 79.5 Å². The second kappa shape index (κ2) is 10.1. The molecular weight excluding hydrogens is 378 g/mol. The first-order valence-corrected chi connectivity index (χ1v) is 9.66. The average molecular weight is 403 g/mol. The molecule has 0 aliphatic carbocycles. The molecule has 0 bridgehead atoms. The van der Waals surface area contributed by atoms with Crippen molar-refractivity contribution >= 4 is 28.9 Å². The van der Waals surface area contributed by atoms with Crippen LogP contribution in [0, 0.1) is 0 Å². The molecule has 30 heavy (non-hydrogen) atoms. The van der Waals surface area contributed by atoms with Crippen LogP contribution in [0.5, 0.6) is 5.75 Å². The summed E-state index contributed by atoms with van der Waals surface area (Å²) in [6.07, 6.45) is 0.148. The largest absolute Gasteiger partial charge is 0.497 e. The van der Waals surface area contributed by atoms with Crippen LogP contribution in [0.25, 0.3) is 0 Å². The first kappa shape index (κ1) is 20.9. The molecule has 3 aromatic rings. The van der Waals surface area contributed by atoms with Gasteiger partial charge in [0.15, 0.2) is 0 Å². The molecule has 0 radical (unpaired) electrons. The third-order valence-corrected chi connectivity index (χ3v) is 4.52. The molecule has 0 aromatic heterocycles. The zero-order valence-corrected chi connectivity index (χ0v) is 17.0. The van der Waals surface area contributed by atoms with E-state index in [0.29, 0.717) is 5.69 Å². The maximum atomic E-state index is 12.5. The van der Waals surface area contributed by atoms with E-state index in [1.54, 1.807) is 7.11 Å². The first-order chi connectivity index (χ1) is 14.5. The van der Waals surface area contributed by atoms with Gasteiger partial charge in [0.2, 0.25) is 11.8 Å². The summed E-state index contributed by atoms with van der Waals surface area (Å²) >= 11 is 0. The maximum Gasteiger partial charge on any atom is 0.226 e. The van der Waals surface area contributed by atoms with Crippen LogP contribution in [-0.2, 0) is 9.59 Å². The van der Waals surface area contributed by atoms with Gasteiger partial charge in [0.1, 0.15) is 5.75 Å². The van der Waals surface area contributed by atoms with E-state index >= 15 is 0 Å². The van der Waals surface area contributed by atoms with E-state index in [9.17, 15) is 9.59 Å². The molecule has 0 fully saturated rings. The van der Waals surface area contributed by atoms with Gasteiger partial charge in [-0.25, -0.2) is 0 Å². The van der Waals surface area contributed by atoms with E-state index in [2.05, 4.69) is 16.0 Å². The molecular formula is C24H25N3O3. The third kappa shape index (κ3) is 6.10. The van der Waals surface area contributed by atoms with Gasteiger partial charge >= 0.3 is 0 Å². The maximum absolute atomic E-state index is 12.5. The van der Waals surface area contributed by atoms with Crippen molar-refractivity contribution in [3.63, 3.8) is 0 Å². The van der Waals surface area contributed by atoms with Crippen molar-refractivity contribution in [2.24, 2.45) is 0 Å². The summed E-state index contributed by atoms with van der Waals surface area (Å²) in [6.45, 7) is 1.45. The minimum Gasteiger partial charge on any atom is -0.497 e. The summed E-state index contributed by atoms with van der Waals surface area (Å²) in [5, 5.41) is 9.02. The number of anilines is 3. The molecule has 0 unspecified atom stereocenters. The number of benzene rings is 3. The molecule has 0 saturated carbocycles. The lowest BCUT2D eigenvalue weighted by Crippen LogP contribution is -2.29. The summed E-state index contributed by atoms with van der Waals surface area (Å²) in [5.41, 5.74) is 3.42. The summed E-state index contributed by atoms with van der Waals surface area (Å²) in [5.74, 6) is 0.450. The van der Waals surface area contributed by atoms with Gasteiger partial charge in [0.05, 0.1) is 19.6 Å². The molecule has 6 nitrogen and oxygen atoms in total. The van der Waals surface area contributed by atoms with Gasteiger partial charge in [-0.05, 0) is 54.1 Å².